The summed E-state index contributed by atoms with van der Waals surface area (Å²) < 4.78 is 5.62. The molecule has 4 rings (SSSR count). The molecular formula is C28H34N2O5. The molecular weight excluding hydrogens is 444 g/mol. The predicted octanol–water partition coefficient (Wildman–Crippen LogP) is 4.65. The zero-order valence-electron chi connectivity index (χ0n) is 20.6. The van der Waals surface area contributed by atoms with Crippen LogP contribution >= 0.6 is 0 Å². The third-order valence-electron chi connectivity index (χ3n) is 7.76. The van der Waals surface area contributed by atoms with Crippen molar-refractivity contribution in [3.63, 3.8) is 0 Å². The minimum absolute atomic E-state index is 0.0281. The second-order valence-corrected chi connectivity index (χ2v) is 9.96. The molecule has 1 heterocycles. The van der Waals surface area contributed by atoms with Crippen molar-refractivity contribution in [2.75, 3.05) is 19.7 Å². The maximum absolute atomic E-state index is 12.9. The lowest BCUT2D eigenvalue weighted by Gasteiger charge is -2.29. The Kier molecular flexibility index (Phi) is 7.15. The number of alkyl carbamates (subject to hydrolysis) is 1. The van der Waals surface area contributed by atoms with Gasteiger partial charge in [0, 0.05) is 31.5 Å². The molecule has 2 atom stereocenters. The van der Waals surface area contributed by atoms with Gasteiger partial charge < -0.3 is 20.1 Å². The van der Waals surface area contributed by atoms with Gasteiger partial charge in [-0.2, -0.15) is 0 Å². The summed E-state index contributed by atoms with van der Waals surface area (Å²) in [4.78, 5) is 39.1. The fraction of sp³-hybridized carbons (Fsp3) is 0.464. The van der Waals surface area contributed by atoms with E-state index in [-0.39, 0.29) is 43.4 Å². The summed E-state index contributed by atoms with van der Waals surface area (Å²) in [7, 11) is 0. The Bertz CT molecular complexity index is 1070. The molecule has 0 aromatic heterocycles. The van der Waals surface area contributed by atoms with Crippen LogP contribution < -0.4 is 5.32 Å². The highest BCUT2D eigenvalue weighted by Gasteiger charge is 2.48. The van der Waals surface area contributed by atoms with Crippen LogP contribution in [0.25, 0.3) is 11.1 Å². The van der Waals surface area contributed by atoms with E-state index in [0.717, 1.165) is 11.1 Å². The average molecular weight is 479 g/mol. The second-order valence-electron chi connectivity index (χ2n) is 9.96. The molecule has 0 saturated carbocycles. The first-order chi connectivity index (χ1) is 16.8. The van der Waals surface area contributed by atoms with E-state index >= 15 is 0 Å². The standard InChI is InChI=1S/C28H34N2O5/c1-4-19(15-25(31)30-14-13-28(17-30,18(2)3)26(32)33)29-27(34)35-16-24-22-11-7-5-9-20(22)21-10-6-8-12-23(21)24/h5-12,18-19,24H,4,13-17H2,1-3H3,(H,29,34)(H,32,33)/t19-,28?/m0/s1. The van der Waals surface area contributed by atoms with Crippen molar-refractivity contribution in [3.05, 3.63) is 59.7 Å². The molecule has 186 valence electrons. The topological polar surface area (TPSA) is 95.9 Å². The second kappa shape index (κ2) is 10.1. The van der Waals surface area contributed by atoms with E-state index in [2.05, 4.69) is 29.6 Å². The number of fused-ring (bicyclic) bond motifs is 3. The maximum atomic E-state index is 12.9. The van der Waals surface area contributed by atoms with E-state index in [0.29, 0.717) is 19.4 Å². The molecule has 2 amide bonds. The average Bonchev–Trinajstić information content (AvgIpc) is 3.44. The summed E-state index contributed by atoms with van der Waals surface area (Å²) in [5.74, 6) is -1.09. The lowest BCUT2D eigenvalue weighted by Crippen LogP contribution is -2.43. The Labute approximate surface area is 206 Å². The summed E-state index contributed by atoms with van der Waals surface area (Å²) in [5, 5.41) is 12.6. The zero-order valence-corrected chi connectivity index (χ0v) is 20.6. The van der Waals surface area contributed by atoms with Gasteiger partial charge in [-0.1, -0.05) is 69.3 Å². The number of hydrogen-bond acceptors (Lipinski definition) is 4. The van der Waals surface area contributed by atoms with E-state index in [1.807, 2.05) is 45.0 Å². The number of hydrogen-bond donors (Lipinski definition) is 2. The monoisotopic (exact) mass is 478 g/mol. The molecule has 1 aliphatic heterocycles. The summed E-state index contributed by atoms with van der Waals surface area (Å²) in [6, 6.07) is 15.9. The largest absolute Gasteiger partial charge is 0.481 e. The number of amides is 2. The fourth-order valence-corrected chi connectivity index (χ4v) is 5.38. The molecule has 2 N–H and O–H groups in total. The van der Waals surface area contributed by atoms with Gasteiger partial charge in [0.05, 0.1) is 5.41 Å². The number of carbonyl (C=O) groups excluding carboxylic acids is 2. The van der Waals surface area contributed by atoms with Gasteiger partial charge in [-0.3, -0.25) is 9.59 Å². The number of benzene rings is 2. The smallest absolute Gasteiger partial charge is 0.407 e. The first-order valence-electron chi connectivity index (χ1n) is 12.4. The van der Waals surface area contributed by atoms with Crippen LogP contribution in [-0.2, 0) is 14.3 Å². The lowest BCUT2D eigenvalue weighted by atomic mass is 9.76. The van der Waals surface area contributed by atoms with Gasteiger partial charge in [-0.25, -0.2) is 4.79 Å². The van der Waals surface area contributed by atoms with E-state index < -0.39 is 17.5 Å². The van der Waals surface area contributed by atoms with Crippen LogP contribution in [0.2, 0.25) is 0 Å². The summed E-state index contributed by atoms with van der Waals surface area (Å²) in [6.45, 7) is 6.52. The molecule has 2 aliphatic rings. The van der Waals surface area contributed by atoms with Gasteiger partial charge in [0.15, 0.2) is 0 Å². The van der Waals surface area contributed by atoms with Crippen LogP contribution in [0.3, 0.4) is 0 Å². The first-order valence-corrected chi connectivity index (χ1v) is 12.4. The first kappa shape index (κ1) is 24.8. The number of carboxylic acids is 1. The summed E-state index contributed by atoms with van der Waals surface area (Å²) in [5.41, 5.74) is 3.71. The fourth-order valence-electron chi connectivity index (χ4n) is 5.38. The molecule has 0 radical (unpaired) electrons. The molecule has 2 aromatic rings. The maximum Gasteiger partial charge on any atom is 0.407 e. The third-order valence-corrected chi connectivity index (χ3v) is 7.76. The molecule has 0 spiro atoms. The predicted molar refractivity (Wildman–Crippen MR) is 133 cm³/mol. The van der Waals surface area contributed by atoms with E-state index in [1.165, 1.54) is 11.1 Å². The van der Waals surface area contributed by atoms with Gasteiger partial charge in [0.2, 0.25) is 5.91 Å². The molecule has 1 fully saturated rings. The van der Waals surface area contributed by atoms with Crippen LogP contribution in [0.5, 0.6) is 0 Å². The normalized spacial score (nSPS) is 19.8. The van der Waals surface area contributed by atoms with Gasteiger partial charge in [-0.15, -0.1) is 0 Å². The van der Waals surface area contributed by atoms with E-state index in [1.54, 1.807) is 4.90 Å². The Morgan fingerprint density at radius 3 is 2.20 bits per heavy atom. The van der Waals surface area contributed by atoms with Crippen molar-refractivity contribution in [3.8, 4) is 11.1 Å². The van der Waals surface area contributed by atoms with Gasteiger partial charge in [0.25, 0.3) is 0 Å². The molecule has 1 aliphatic carbocycles. The number of nitrogens with zero attached hydrogens (tertiary/aromatic N) is 1. The highest BCUT2D eigenvalue weighted by Crippen LogP contribution is 2.44. The van der Waals surface area contributed by atoms with Crippen LogP contribution in [-0.4, -0.2) is 53.7 Å². The van der Waals surface area contributed by atoms with Crippen molar-refractivity contribution in [2.45, 2.75) is 52.0 Å². The number of nitrogens with one attached hydrogen (secondary N) is 1. The van der Waals surface area contributed by atoms with Crippen LogP contribution in [0.1, 0.15) is 57.1 Å². The lowest BCUT2D eigenvalue weighted by molar-refractivity contribution is -0.151. The number of ether oxygens (including phenoxy) is 1. The molecule has 7 nitrogen and oxygen atoms in total. The van der Waals surface area contributed by atoms with Crippen molar-refractivity contribution < 1.29 is 24.2 Å². The highest BCUT2D eigenvalue weighted by atomic mass is 16.5. The number of carboxylic acid groups (broad SMARTS) is 1. The quantitative estimate of drug-likeness (QED) is 0.576. The minimum Gasteiger partial charge on any atom is -0.481 e. The molecule has 1 unspecified atom stereocenters. The molecule has 2 aromatic carbocycles. The van der Waals surface area contributed by atoms with Crippen molar-refractivity contribution >= 4 is 18.0 Å². The van der Waals surface area contributed by atoms with Crippen molar-refractivity contribution in [1.29, 1.82) is 0 Å². The third kappa shape index (κ3) is 4.77. The zero-order chi connectivity index (χ0) is 25.2. The van der Waals surface area contributed by atoms with Gasteiger partial charge >= 0.3 is 12.1 Å². The number of likely N-dealkylation sites (tertiary alicyclic amines) is 1. The van der Waals surface area contributed by atoms with Crippen molar-refractivity contribution in [1.82, 2.24) is 10.2 Å². The van der Waals surface area contributed by atoms with Gasteiger partial charge in [0.1, 0.15) is 6.61 Å². The number of carbonyl (C=O) groups is 3. The molecule has 35 heavy (non-hydrogen) atoms. The molecule has 1 saturated heterocycles. The highest BCUT2D eigenvalue weighted by molar-refractivity contribution is 5.82. The Morgan fingerprint density at radius 1 is 1.09 bits per heavy atom. The van der Waals surface area contributed by atoms with Gasteiger partial charge in [-0.05, 0) is 41.0 Å². The Hall–Kier alpha value is -3.35. The SMILES string of the molecule is CC[C@@H](CC(=O)N1CCC(C(=O)O)(C(C)C)C1)NC(=O)OCC1c2ccccc2-c2ccccc21. The minimum atomic E-state index is -0.905. The van der Waals surface area contributed by atoms with E-state index in [4.69, 9.17) is 4.74 Å². The molecule has 7 heteroatoms. The van der Waals surface area contributed by atoms with Crippen LogP contribution in [0.4, 0.5) is 4.79 Å². The Balaban J connectivity index is 1.34. The Morgan fingerprint density at radius 2 is 1.69 bits per heavy atom. The summed E-state index contributed by atoms with van der Waals surface area (Å²) >= 11 is 0. The van der Waals surface area contributed by atoms with E-state index in [9.17, 15) is 19.5 Å². The van der Waals surface area contributed by atoms with Crippen molar-refractivity contribution in [2.24, 2.45) is 11.3 Å². The van der Waals surface area contributed by atoms with Crippen LogP contribution in [0, 0.1) is 11.3 Å². The number of rotatable bonds is 8. The number of aliphatic carboxylic acids is 1. The molecule has 0 bridgehead atoms. The summed E-state index contributed by atoms with van der Waals surface area (Å²) in [6.07, 6.45) is 0.587. The van der Waals surface area contributed by atoms with Crippen LogP contribution in [0.15, 0.2) is 48.5 Å².